The Morgan fingerprint density at radius 2 is 1.76 bits per heavy atom. The maximum atomic E-state index is 13.1. The summed E-state index contributed by atoms with van der Waals surface area (Å²) in [4.78, 5) is 1.97. The Balaban J connectivity index is 2.37. The molecule has 2 nitrogen and oxygen atoms in total. The third-order valence-corrected chi connectivity index (χ3v) is 3.39. The van der Waals surface area contributed by atoms with Crippen molar-refractivity contribution in [2.75, 3.05) is 11.9 Å². The van der Waals surface area contributed by atoms with Crippen LogP contribution in [0.25, 0.3) is 5.70 Å². The molecule has 0 amide bonds. The second-order valence-electron chi connectivity index (χ2n) is 4.36. The summed E-state index contributed by atoms with van der Waals surface area (Å²) in [6.45, 7) is 0. The van der Waals surface area contributed by atoms with Crippen LogP contribution in [0.2, 0.25) is 5.02 Å². The normalized spacial score (nSPS) is 11.1. The van der Waals surface area contributed by atoms with Gasteiger partial charge in [-0.05, 0) is 54.1 Å². The summed E-state index contributed by atoms with van der Waals surface area (Å²) in [6, 6.07) is 13.8. The summed E-state index contributed by atoms with van der Waals surface area (Å²) in [5.74, 6) is -0.268. The number of nitrogens with one attached hydrogen (secondary N) is 1. The fourth-order valence-corrected chi connectivity index (χ4v) is 2.11. The first-order chi connectivity index (χ1) is 10.1. The number of thiocarbonyl (C=S) groups is 1. The number of hydrogen-bond donors (Lipinski definition) is 1. The van der Waals surface area contributed by atoms with Gasteiger partial charge in [0.2, 0.25) is 0 Å². The Hall–Kier alpha value is -1.91. The lowest BCUT2D eigenvalue weighted by atomic mass is 10.1. The van der Waals surface area contributed by atoms with E-state index < -0.39 is 0 Å². The molecule has 0 radical (unpaired) electrons. The van der Waals surface area contributed by atoms with Gasteiger partial charge in [0.05, 0.1) is 11.2 Å². The molecular formula is C16H14ClFN2S. The van der Waals surface area contributed by atoms with Gasteiger partial charge in [0.25, 0.3) is 0 Å². The van der Waals surface area contributed by atoms with E-state index in [9.17, 15) is 4.39 Å². The van der Waals surface area contributed by atoms with Crippen LogP contribution in [0.4, 0.5) is 10.1 Å². The molecule has 0 atom stereocenters. The number of benzene rings is 2. The minimum atomic E-state index is -0.268. The second-order valence-corrected chi connectivity index (χ2v) is 5.03. The molecule has 1 N–H and O–H groups in total. The summed E-state index contributed by atoms with van der Waals surface area (Å²) in [5.41, 5.74) is 4.11. The van der Waals surface area contributed by atoms with Gasteiger partial charge in [-0.2, -0.15) is 0 Å². The minimum absolute atomic E-state index is 0.268. The van der Waals surface area contributed by atoms with Crippen molar-refractivity contribution in [3.05, 3.63) is 71.1 Å². The third kappa shape index (κ3) is 4.03. The predicted octanol–water partition coefficient (Wildman–Crippen LogP) is 4.46. The molecule has 2 aromatic carbocycles. The van der Waals surface area contributed by atoms with Crippen LogP contribution in [0.1, 0.15) is 5.56 Å². The molecule has 0 aromatic heterocycles. The zero-order valence-corrected chi connectivity index (χ0v) is 13.0. The molecular weight excluding hydrogens is 307 g/mol. The Labute approximate surface area is 133 Å². The van der Waals surface area contributed by atoms with Crippen molar-refractivity contribution in [3.8, 4) is 0 Å². The van der Waals surface area contributed by atoms with Crippen LogP contribution in [-0.4, -0.2) is 12.5 Å². The van der Waals surface area contributed by atoms with Gasteiger partial charge in [-0.15, -0.1) is 0 Å². The number of hydrogen-bond acceptors (Lipinski definition) is 2. The van der Waals surface area contributed by atoms with Crippen LogP contribution in [-0.2, 0) is 0 Å². The van der Waals surface area contributed by atoms with Crippen molar-refractivity contribution in [2.45, 2.75) is 0 Å². The number of halogens is 2. The number of anilines is 1. The van der Waals surface area contributed by atoms with Crippen LogP contribution in [0.5, 0.6) is 0 Å². The van der Waals surface area contributed by atoms with Gasteiger partial charge in [0.15, 0.2) is 0 Å². The highest BCUT2D eigenvalue weighted by atomic mass is 35.5. The van der Waals surface area contributed by atoms with E-state index in [0.717, 1.165) is 16.9 Å². The summed E-state index contributed by atoms with van der Waals surface area (Å²) in [6.07, 6.45) is 1.77. The van der Waals surface area contributed by atoms with E-state index in [0.29, 0.717) is 5.02 Å². The number of nitrogens with zero attached hydrogens (tertiary/aromatic N) is 1. The van der Waals surface area contributed by atoms with Gasteiger partial charge in [-0.3, -0.25) is 0 Å². The highest BCUT2D eigenvalue weighted by Gasteiger charge is 2.10. The molecule has 0 aliphatic rings. The van der Waals surface area contributed by atoms with Crippen LogP contribution in [0.3, 0.4) is 0 Å². The van der Waals surface area contributed by atoms with E-state index >= 15 is 0 Å². The summed E-state index contributed by atoms with van der Waals surface area (Å²) in [7, 11) is 1.92. The molecule has 0 fully saturated rings. The first-order valence-corrected chi connectivity index (χ1v) is 7.12. The molecule has 0 aliphatic heterocycles. The average Bonchev–Trinajstić information content (AvgIpc) is 2.50. The molecule has 5 heteroatoms. The molecule has 2 aromatic rings. The lowest BCUT2D eigenvalue weighted by Crippen LogP contribution is -2.18. The molecule has 0 unspecified atom stereocenters. The van der Waals surface area contributed by atoms with Crippen LogP contribution >= 0.6 is 23.8 Å². The third-order valence-electron chi connectivity index (χ3n) is 3.00. The van der Waals surface area contributed by atoms with E-state index in [1.165, 1.54) is 17.6 Å². The molecule has 21 heavy (non-hydrogen) atoms. The van der Waals surface area contributed by atoms with E-state index in [1.807, 2.05) is 36.2 Å². The average molecular weight is 321 g/mol. The quantitative estimate of drug-likeness (QED) is 0.819. The smallest absolute Gasteiger partial charge is 0.123 e. The van der Waals surface area contributed by atoms with Crippen molar-refractivity contribution in [3.63, 3.8) is 0 Å². The fourth-order valence-electron chi connectivity index (χ4n) is 1.91. The van der Waals surface area contributed by atoms with E-state index in [-0.39, 0.29) is 5.82 Å². The Morgan fingerprint density at radius 3 is 2.33 bits per heavy atom. The Kier molecular flexibility index (Phi) is 5.31. The first-order valence-electron chi connectivity index (χ1n) is 6.27. The van der Waals surface area contributed by atoms with Crippen molar-refractivity contribution < 1.29 is 4.39 Å². The molecule has 0 saturated heterocycles. The van der Waals surface area contributed by atoms with Crippen molar-refractivity contribution in [1.29, 1.82) is 0 Å². The highest BCUT2D eigenvalue weighted by molar-refractivity contribution is 7.78. The predicted molar refractivity (Wildman–Crippen MR) is 91.0 cm³/mol. The summed E-state index contributed by atoms with van der Waals surface area (Å²) in [5, 5.41) is 3.57. The van der Waals surface area contributed by atoms with Gasteiger partial charge in [-0.1, -0.05) is 23.8 Å². The van der Waals surface area contributed by atoms with Gasteiger partial charge in [-0.25, -0.2) is 4.39 Å². The standard InChI is InChI=1S/C16H14ClFN2S/c1-20(15-8-4-13(17)5-9-15)16(10-19-11-21)12-2-6-14(18)7-3-12/h2-11H,1H3,(H,19,21)/b16-10-. The number of rotatable bonds is 5. The maximum absolute atomic E-state index is 13.1. The highest BCUT2D eigenvalue weighted by Crippen LogP contribution is 2.25. The van der Waals surface area contributed by atoms with Gasteiger partial charge >= 0.3 is 0 Å². The summed E-state index contributed by atoms with van der Waals surface area (Å²) < 4.78 is 13.1. The zero-order valence-electron chi connectivity index (χ0n) is 11.4. The maximum Gasteiger partial charge on any atom is 0.123 e. The monoisotopic (exact) mass is 320 g/mol. The van der Waals surface area contributed by atoms with E-state index in [2.05, 4.69) is 5.32 Å². The molecule has 0 aliphatic carbocycles. The fraction of sp³-hybridized carbons (Fsp3) is 0.0625. The largest absolute Gasteiger partial charge is 0.357 e. The molecule has 0 bridgehead atoms. The van der Waals surface area contributed by atoms with Crippen molar-refractivity contribution in [2.24, 2.45) is 0 Å². The Morgan fingerprint density at radius 1 is 1.14 bits per heavy atom. The molecule has 2 rings (SSSR count). The van der Waals surface area contributed by atoms with E-state index in [4.69, 9.17) is 23.8 Å². The van der Waals surface area contributed by atoms with Crippen molar-refractivity contribution in [1.82, 2.24) is 5.32 Å². The first kappa shape index (κ1) is 15.5. The molecule has 0 saturated carbocycles. The lowest BCUT2D eigenvalue weighted by Gasteiger charge is -2.23. The van der Waals surface area contributed by atoms with Crippen LogP contribution < -0.4 is 10.2 Å². The zero-order chi connectivity index (χ0) is 15.2. The summed E-state index contributed by atoms with van der Waals surface area (Å²) >= 11 is 10.7. The van der Waals surface area contributed by atoms with Crippen molar-refractivity contribution >= 4 is 40.7 Å². The second kappa shape index (κ2) is 7.20. The topological polar surface area (TPSA) is 15.3 Å². The minimum Gasteiger partial charge on any atom is -0.357 e. The lowest BCUT2D eigenvalue weighted by molar-refractivity contribution is 0.627. The molecule has 0 spiro atoms. The SMILES string of the molecule is CN(/C(=C\NC=S)c1ccc(F)cc1)c1ccc(Cl)cc1. The van der Waals surface area contributed by atoms with Crippen LogP contribution in [0, 0.1) is 5.82 Å². The Bertz CT molecular complexity index is 638. The van der Waals surface area contributed by atoms with Gasteiger partial charge in [0.1, 0.15) is 5.82 Å². The molecule has 0 heterocycles. The van der Waals surface area contributed by atoms with E-state index in [1.54, 1.807) is 18.3 Å². The molecule has 108 valence electrons. The van der Waals surface area contributed by atoms with Gasteiger partial charge in [0, 0.05) is 24.0 Å². The van der Waals surface area contributed by atoms with Crippen LogP contribution in [0.15, 0.2) is 54.7 Å². The van der Waals surface area contributed by atoms with Gasteiger partial charge < -0.3 is 10.2 Å².